The molecule has 23 heavy (non-hydrogen) atoms. The van der Waals surface area contributed by atoms with Crippen LogP contribution in [-0.4, -0.2) is 19.6 Å². The molecule has 0 fully saturated rings. The van der Waals surface area contributed by atoms with E-state index in [1.807, 2.05) is 54.6 Å². The smallest absolute Gasteiger partial charge is 0.251 e. The molecular weight excluding hydrogens is 330 g/mol. The van der Waals surface area contributed by atoms with Crippen LogP contribution >= 0.6 is 22.9 Å². The van der Waals surface area contributed by atoms with E-state index in [1.54, 1.807) is 7.11 Å². The third-order valence-corrected chi connectivity index (χ3v) is 4.98. The number of carbonyl (C=O) groups excluding carboxylic acids is 1. The summed E-state index contributed by atoms with van der Waals surface area (Å²) in [5.74, 6) is -0.111. The summed E-state index contributed by atoms with van der Waals surface area (Å²) in [5, 5.41) is 5.09. The van der Waals surface area contributed by atoms with Gasteiger partial charge >= 0.3 is 0 Å². The lowest BCUT2D eigenvalue weighted by Gasteiger charge is -2.14. The second-order valence-corrected chi connectivity index (χ2v) is 6.88. The lowest BCUT2D eigenvalue weighted by atomic mass is 10.1. The number of benzene rings is 2. The van der Waals surface area contributed by atoms with Gasteiger partial charge in [-0.2, -0.15) is 0 Å². The van der Waals surface area contributed by atoms with Gasteiger partial charge < -0.3 is 10.1 Å². The molecule has 0 saturated carbocycles. The Balaban J connectivity index is 1.70. The molecule has 3 rings (SSSR count). The first kappa shape index (κ1) is 16.0. The molecule has 0 aliphatic heterocycles. The number of amides is 1. The minimum atomic E-state index is -0.197. The van der Waals surface area contributed by atoms with Crippen molar-refractivity contribution in [3.05, 3.63) is 69.4 Å². The molecular formula is C18H16ClNO2S. The van der Waals surface area contributed by atoms with Crippen LogP contribution in [0.4, 0.5) is 0 Å². The third-order valence-electron chi connectivity index (χ3n) is 3.66. The molecule has 1 unspecified atom stereocenters. The fraction of sp³-hybridized carbons (Fsp3) is 0.167. The summed E-state index contributed by atoms with van der Waals surface area (Å²) < 4.78 is 6.15. The lowest BCUT2D eigenvalue weighted by molar-refractivity contribution is 0.0838. The van der Waals surface area contributed by atoms with E-state index in [0.29, 0.717) is 16.4 Å². The number of thiophene rings is 1. The molecule has 2 aromatic carbocycles. The van der Waals surface area contributed by atoms with Crippen molar-refractivity contribution in [1.29, 1.82) is 0 Å². The number of nitrogens with one attached hydrogen (secondary N) is 1. The molecule has 1 atom stereocenters. The molecule has 0 radical (unpaired) electrons. The molecule has 0 spiro atoms. The van der Waals surface area contributed by atoms with Crippen LogP contribution in [0.1, 0.15) is 21.3 Å². The maximum absolute atomic E-state index is 12.4. The van der Waals surface area contributed by atoms with Gasteiger partial charge in [0.2, 0.25) is 0 Å². The summed E-state index contributed by atoms with van der Waals surface area (Å²) in [6, 6.07) is 17.4. The van der Waals surface area contributed by atoms with Crippen LogP contribution in [0.5, 0.6) is 0 Å². The van der Waals surface area contributed by atoms with E-state index in [-0.39, 0.29) is 12.0 Å². The van der Waals surface area contributed by atoms with Crippen LogP contribution in [-0.2, 0) is 4.74 Å². The molecule has 1 heterocycles. The fourth-order valence-electron chi connectivity index (χ4n) is 2.42. The predicted octanol–water partition coefficient (Wildman–Crippen LogP) is 4.67. The van der Waals surface area contributed by atoms with Crippen molar-refractivity contribution in [1.82, 2.24) is 5.32 Å². The number of rotatable bonds is 5. The summed E-state index contributed by atoms with van der Waals surface area (Å²) in [5.41, 5.74) is 0.641. The maximum atomic E-state index is 12.4. The molecule has 3 aromatic rings. The number of halogens is 1. The van der Waals surface area contributed by atoms with Crippen molar-refractivity contribution >= 4 is 39.6 Å². The number of hydrogen-bond acceptors (Lipinski definition) is 3. The van der Waals surface area contributed by atoms with E-state index < -0.39 is 0 Å². The number of ether oxygens (including phenoxy) is 1. The zero-order valence-corrected chi connectivity index (χ0v) is 14.2. The molecule has 5 heteroatoms. The highest BCUT2D eigenvalue weighted by Gasteiger charge is 2.15. The molecule has 3 nitrogen and oxygen atoms in total. The SMILES string of the molecule is COC(CNC(=O)c1ccc2ccccc2c1)c1ccc(Cl)s1. The summed E-state index contributed by atoms with van der Waals surface area (Å²) in [7, 11) is 1.63. The van der Waals surface area contributed by atoms with Crippen LogP contribution in [0.15, 0.2) is 54.6 Å². The van der Waals surface area contributed by atoms with Crippen molar-refractivity contribution in [3.8, 4) is 0 Å². The van der Waals surface area contributed by atoms with Gasteiger partial charge in [0, 0.05) is 24.1 Å². The van der Waals surface area contributed by atoms with E-state index >= 15 is 0 Å². The first-order valence-corrected chi connectivity index (χ1v) is 8.42. The quantitative estimate of drug-likeness (QED) is 0.729. The van der Waals surface area contributed by atoms with E-state index in [2.05, 4.69) is 5.32 Å². The van der Waals surface area contributed by atoms with E-state index in [4.69, 9.17) is 16.3 Å². The zero-order valence-electron chi connectivity index (χ0n) is 12.6. The van der Waals surface area contributed by atoms with Gasteiger partial charge in [-0.3, -0.25) is 4.79 Å². The van der Waals surface area contributed by atoms with Gasteiger partial charge in [-0.15, -0.1) is 11.3 Å². The van der Waals surface area contributed by atoms with Crippen LogP contribution in [0.2, 0.25) is 4.34 Å². The Kier molecular flexibility index (Phi) is 4.96. The van der Waals surface area contributed by atoms with Crippen molar-refractivity contribution in [2.45, 2.75) is 6.10 Å². The van der Waals surface area contributed by atoms with Gasteiger partial charge in [-0.25, -0.2) is 0 Å². The van der Waals surface area contributed by atoms with Gasteiger partial charge in [0.25, 0.3) is 5.91 Å². The second kappa shape index (κ2) is 7.13. The summed E-state index contributed by atoms with van der Waals surface area (Å²) in [6.07, 6.45) is -0.197. The van der Waals surface area contributed by atoms with E-state index in [0.717, 1.165) is 15.6 Å². The Morgan fingerprint density at radius 2 is 1.96 bits per heavy atom. The molecule has 0 aliphatic carbocycles. The summed E-state index contributed by atoms with van der Waals surface area (Å²) in [6.45, 7) is 0.402. The van der Waals surface area contributed by atoms with Gasteiger partial charge in [0.1, 0.15) is 6.10 Å². The van der Waals surface area contributed by atoms with Gasteiger partial charge in [0.05, 0.1) is 4.34 Å². The van der Waals surface area contributed by atoms with E-state index in [9.17, 15) is 4.79 Å². The highest BCUT2D eigenvalue weighted by molar-refractivity contribution is 7.16. The minimum absolute atomic E-state index is 0.111. The first-order valence-electron chi connectivity index (χ1n) is 7.22. The highest BCUT2D eigenvalue weighted by atomic mass is 35.5. The van der Waals surface area contributed by atoms with Crippen LogP contribution in [0, 0.1) is 0 Å². The lowest BCUT2D eigenvalue weighted by Crippen LogP contribution is -2.28. The number of fused-ring (bicyclic) bond motifs is 1. The topological polar surface area (TPSA) is 38.3 Å². The summed E-state index contributed by atoms with van der Waals surface area (Å²) >= 11 is 7.41. The Morgan fingerprint density at radius 3 is 2.65 bits per heavy atom. The average Bonchev–Trinajstić information content (AvgIpc) is 3.01. The first-order chi connectivity index (χ1) is 11.2. The Bertz CT molecular complexity index is 831. The van der Waals surface area contributed by atoms with Gasteiger partial charge in [-0.1, -0.05) is 41.9 Å². The Labute approximate surface area is 143 Å². The monoisotopic (exact) mass is 345 g/mol. The largest absolute Gasteiger partial charge is 0.374 e. The molecule has 0 bridgehead atoms. The number of carbonyl (C=O) groups is 1. The van der Waals surface area contributed by atoms with Gasteiger partial charge in [-0.05, 0) is 35.0 Å². The minimum Gasteiger partial charge on any atom is -0.374 e. The molecule has 0 saturated heterocycles. The van der Waals surface area contributed by atoms with Crippen molar-refractivity contribution in [2.24, 2.45) is 0 Å². The van der Waals surface area contributed by atoms with Crippen LogP contribution < -0.4 is 5.32 Å². The van der Waals surface area contributed by atoms with Gasteiger partial charge in [0.15, 0.2) is 0 Å². The van der Waals surface area contributed by atoms with Crippen LogP contribution in [0.3, 0.4) is 0 Å². The van der Waals surface area contributed by atoms with Crippen LogP contribution in [0.25, 0.3) is 10.8 Å². The molecule has 1 N–H and O–H groups in total. The second-order valence-electron chi connectivity index (χ2n) is 5.14. The van der Waals surface area contributed by atoms with Crippen molar-refractivity contribution in [2.75, 3.05) is 13.7 Å². The molecule has 118 valence electrons. The maximum Gasteiger partial charge on any atom is 0.251 e. The Hall–Kier alpha value is -1.88. The predicted molar refractivity (Wildman–Crippen MR) is 95.4 cm³/mol. The average molecular weight is 346 g/mol. The Morgan fingerprint density at radius 1 is 1.17 bits per heavy atom. The third kappa shape index (κ3) is 3.72. The van der Waals surface area contributed by atoms with Crippen molar-refractivity contribution < 1.29 is 9.53 Å². The standard InChI is InChI=1S/C18H16ClNO2S/c1-22-15(16-8-9-17(19)23-16)11-20-18(21)14-7-6-12-4-2-3-5-13(12)10-14/h2-10,15H,11H2,1H3,(H,20,21). The summed E-state index contributed by atoms with van der Waals surface area (Å²) in [4.78, 5) is 13.4. The zero-order chi connectivity index (χ0) is 16.2. The highest BCUT2D eigenvalue weighted by Crippen LogP contribution is 2.28. The number of hydrogen-bond donors (Lipinski definition) is 1. The normalized spacial score (nSPS) is 12.3. The fourth-order valence-corrected chi connectivity index (χ4v) is 3.56. The molecule has 1 amide bonds. The van der Waals surface area contributed by atoms with Crippen molar-refractivity contribution in [3.63, 3.8) is 0 Å². The molecule has 0 aliphatic rings. The molecule has 1 aromatic heterocycles. The van der Waals surface area contributed by atoms with E-state index in [1.165, 1.54) is 11.3 Å². The number of methoxy groups -OCH3 is 1.